The molecule has 1 fully saturated rings. The second-order valence-electron chi connectivity index (χ2n) is 7.26. The highest BCUT2D eigenvalue weighted by Crippen LogP contribution is 2.34. The maximum atomic E-state index is 13.2. The van der Waals surface area contributed by atoms with Gasteiger partial charge in [0.05, 0.1) is 29.3 Å². The molecule has 178 valence electrons. The highest BCUT2D eigenvalue weighted by Gasteiger charge is 2.35. The van der Waals surface area contributed by atoms with Gasteiger partial charge in [-0.3, -0.25) is 19.8 Å². The molecule has 3 aromatic carbocycles. The fourth-order valence-corrected chi connectivity index (χ4v) is 4.89. The Balaban J connectivity index is 1.58. The molecule has 0 spiro atoms. The molecule has 1 N–H and O–H groups in total. The molecule has 0 aromatic heterocycles. The number of ether oxygens (including phenoxy) is 1. The highest BCUT2D eigenvalue weighted by atomic mass is 127. The molecular weight excluding hydrogens is 665 g/mol. The standard InChI is InChI=1S/C24H13Cl4IN2O3S/c25-15-6-4-13(9-17(15)27)11-34-20-7-5-12(10-18(20)29)8-14-22(32)30-24(35)31(23(14)33)19-3-1-2-16(26)21(19)28/h1-10H,11H2,(H,30,32,35)/b14-8+. The maximum Gasteiger partial charge on any atom is 0.270 e. The summed E-state index contributed by atoms with van der Waals surface area (Å²) in [6.45, 7) is 0.293. The third-order valence-corrected chi connectivity index (χ3v) is 7.59. The van der Waals surface area contributed by atoms with Crippen molar-refractivity contribution in [1.29, 1.82) is 0 Å². The van der Waals surface area contributed by atoms with Crippen LogP contribution in [-0.2, 0) is 16.2 Å². The van der Waals surface area contributed by atoms with Crippen LogP contribution < -0.4 is 15.0 Å². The van der Waals surface area contributed by atoms with E-state index in [-0.39, 0.29) is 26.4 Å². The summed E-state index contributed by atoms with van der Waals surface area (Å²) in [5, 5.41) is 3.78. The molecule has 1 aliphatic rings. The predicted octanol–water partition coefficient (Wildman–Crippen LogP) is 7.32. The average Bonchev–Trinajstić information content (AvgIpc) is 2.81. The third-order valence-electron chi connectivity index (χ3n) is 4.92. The fraction of sp³-hybridized carbons (Fsp3) is 0.0417. The largest absolute Gasteiger partial charge is 0.488 e. The molecule has 2 amide bonds. The van der Waals surface area contributed by atoms with Gasteiger partial charge < -0.3 is 4.74 Å². The molecule has 0 atom stereocenters. The van der Waals surface area contributed by atoms with Crippen LogP contribution in [0.2, 0.25) is 20.1 Å². The van der Waals surface area contributed by atoms with Gasteiger partial charge in [0.15, 0.2) is 5.11 Å². The molecule has 0 unspecified atom stereocenters. The predicted molar refractivity (Wildman–Crippen MR) is 153 cm³/mol. The van der Waals surface area contributed by atoms with Gasteiger partial charge in [-0.1, -0.05) is 64.6 Å². The van der Waals surface area contributed by atoms with Gasteiger partial charge >= 0.3 is 0 Å². The summed E-state index contributed by atoms with van der Waals surface area (Å²) < 4.78 is 6.67. The third kappa shape index (κ3) is 5.76. The highest BCUT2D eigenvalue weighted by molar-refractivity contribution is 14.1. The molecule has 0 aliphatic carbocycles. The molecule has 0 radical (unpaired) electrons. The molecule has 1 heterocycles. The lowest BCUT2D eigenvalue weighted by Crippen LogP contribution is -2.54. The summed E-state index contributed by atoms with van der Waals surface area (Å²) in [7, 11) is 0. The molecule has 35 heavy (non-hydrogen) atoms. The minimum atomic E-state index is -0.613. The number of benzene rings is 3. The van der Waals surface area contributed by atoms with Crippen molar-refractivity contribution in [3.63, 3.8) is 0 Å². The van der Waals surface area contributed by atoms with Crippen LogP contribution in [0.15, 0.2) is 60.2 Å². The van der Waals surface area contributed by atoms with Crippen LogP contribution in [0.1, 0.15) is 11.1 Å². The van der Waals surface area contributed by atoms with Gasteiger partial charge in [-0.05, 0) is 88.4 Å². The number of rotatable bonds is 5. The van der Waals surface area contributed by atoms with Crippen LogP contribution in [-0.4, -0.2) is 16.9 Å². The van der Waals surface area contributed by atoms with Gasteiger partial charge in [0, 0.05) is 0 Å². The van der Waals surface area contributed by atoms with E-state index >= 15 is 0 Å². The SMILES string of the molecule is O=C1NC(=S)N(c2cccc(Cl)c2Cl)C(=O)/C1=C/c1ccc(OCc2ccc(Cl)c(Cl)c2)c(I)c1. The van der Waals surface area contributed by atoms with E-state index < -0.39 is 11.8 Å². The normalized spacial score (nSPS) is 14.9. The Bertz CT molecular complexity index is 1410. The molecule has 5 nitrogen and oxygen atoms in total. The van der Waals surface area contributed by atoms with E-state index in [1.165, 1.54) is 6.08 Å². The van der Waals surface area contributed by atoms with Gasteiger partial charge in [-0.15, -0.1) is 0 Å². The van der Waals surface area contributed by atoms with E-state index in [1.54, 1.807) is 48.5 Å². The Morgan fingerprint density at radius 1 is 0.971 bits per heavy atom. The number of thiocarbonyl (C=S) groups is 1. The first-order chi connectivity index (χ1) is 16.7. The summed E-state index contributed by atoms with van der Waals surface area (Å²) in [5.74, 6) is -0.589. The van der Waals surface area contributed by atoms with Crippen molar-refractivity contribution in [2.45, 2.75) is 6.61 Å². The van der Waals surface area contributed by atoms with Crippen LogP contribution in [0, 0.1) is 3.57 Å². The molecule has 11 heteroatoms. The van der Waals surface area contributed by atoms with Gasteiger partial charge in [-0.25, -0.2) is 0 Å². The lowest BCUT2D eigenvalue weighted by molar-refractivity contribution is -0.122. The summed E-state index contributed by atoms with van der Waals surface area (Å²) in [5.41, 5.74) is 1.66. The number of nitrogens with one attached hydrogen (secondary N) is 1. The minimum absolute atomic E-state index is 0.0815. The van der Waals surface area contributed by atoms with Crippen molar-refractivity contribution in [1.82, 2.24) is 5.32 Å². The van der Waals surface area contributed by atoms with E-state index in [0.717, 1.165) is 14.0 Å². The molecule has 0 saturated carbocycles. The van der Waals surface area contributed by atoms with Crippen molar-refractivity contribution in [2.75, 3.05) is 4.90 Å². The van der Waals surface area contributed by atoms with E-state index in [4.69, 9.17) is 63.4 Å². The molecule has 4 rings (SSSR count). The average molecular weight is 678 g/mol. The van der Waals surface area contributed by atoms with Gasteiger partial charge in [0.25, 0.3) is 11.8 Å². The number of hydrogen-bond acceptors (Lipinski definition) is 4. The molecule has 1 saturated heterocycles. The van der Waals surface area contributed by atoms with Crippen molar-refractivity contribution in [2.24, 2.45) is 0 Å². The van der Waals surface area contributed by atoms with Crippen molar-refractivity contribution in [3.8, 4) is 5.75 Å². The quantitative estimate of drug-likeness (QED) is 0.133. The van der Waals surface area contributed by atoms with E-state index in [2.05, 4.69) is 27.9 Å². The Hall–Kier alpha value is -1.88. The second kappa shape index (κ2) is 11.0. The van der Waals surface area contributed by atoms with E-state index in [0.29, 0.717) is 28.0 Å². The van der Waals surface area contributed by atoms with Crippen molar-refractivity contribution < 1.29 is 14.3 Å². The lowest BCUT2D eigenvalue weighted by atomic mass is 10.1. The summed E-state index contributed by atoms with van der Waals surface area (Å²) >= 11 is 31.7. The molecule has 3 aromatic rings. The van der Waals surface area contributed by atoms with Crippen LogP contribution in [0.5, 0.6) is 5.75 Å². The summed E-state index contributed by atoms with van der Waals surface area (Å²) in [6, 6.07) is 15.4. The minimum Gasteiger partial charge on any atom is -0.488 e. The maximum absolute atomic E-state index is 13.2. The first-order valence-corrected chi connectivity index (χ1v) is 12.9. The zero-order valence-corrected chi connectivity index (χ0v) is 23.4. The number of amides is 2. The fourth-order valence-electron chi connectivity index (χ4n) is 3.22. The lowest BCUT2D eigenvalue weighted by Gasteiger charge is -2.29. The van der Waals surface area contributed by atoms with E-state index in [9.17, 15) is 9.59 Å². The monoisotopic (exact) mass is 676 g/mol. The van der Waals surface area contributed by atoms with Crippen molar-refractivity contribution in [3.05, 3.63) is 95.0 Å². The first-order valence-electron chi connectivity index (χ1n) is 9.87. The molecule has 0 bridgehead atoms. The van der Waals surface area contributed by atoms with Crippen LogP contribution in [0.3, 0.4) is 0 Å². The van der Waals surface area contributed by atoms with E-state index in [1.807, 2.05) is 6.07 Å². The number of anilines is 1. The molecular formula is C24H13Cl4IN2O3S. The van der Waals surface area contributed by atoms with Crippen LogP contribution in [0.4, 0.5) is 5.69 Å². The number of nitrogens with zero attached hydrogens (tertiary/aromatic N) is 1. The number of halogens is 5. The van der Waals surface area contributed by atoms with Gasteiger partial charge in [-0.2, -0.15) is 0 Å². The second-order valence-corrected chi connectivity index (χ2v) is 10.4. The van der Waals surface area contributed by atoms with Crippen LogP contribution >= 0.6 is 81.2 Å². The zero-order valence-electron chi connectivity index (χ0n) is 17.5. The number of carbonyl (C=O) groups excluding carboxylic acids is 2. The molecule has 1 aliphatic heterocycles. The Labute approximate surface area is 240 Å². The zero-order chi connectivity index (χ0) is 25.3. The number of carbonyl (C=O) groups is 2. The Morgan fingerprint density at radius 2 is 1.74 bits per heavy atom. The van der Waals surface area contributed by atoms with Crippen molar-refractivity contribution >= 4 is 110 Å². The Morgan fingerprint density at radius 3 is 2.46 bits per heavy atom. The summed E-state index contributed by atoms with van der Waals surface area (Å²) in [6.07, 6.45) is 1.48. The number of hydrogen-bond donors (Lipinski definition) is 1. The summed E-state index contributed by atoms with van der Waals surface area (Å²) in [4.78, 5) is 27.0. The Kier molecular flexibility index (Phi) is 8.25. The smallest absolute Gasteiger partial charge is 0.270 e. The van der Waals surface area contributed by atoms with Gasteiger partial charge in [0.2, 0.25) is 0 Å². The topological polar surface area (TPSA) is 58.6 Å². The van der Waals surface area contributed by atoms with Crippen LogP contribution in [0.25, 0.3) is 6.08 Å². The van der Waals surface area contributed by atoms with Gasteiger partial charge in [0.1, 0.15) is 17.9 Å². The first kappa shape index (κ1) is 26.2.